The summed E-state index contributed by atoms with van der Waals surface area (Å²) >= 11 is 6.03. The van der Waals surface area contributed by atoms with Crippen molar-refractivity contribution in [3.05, 3.63) is 64.7 Å². The van der Waals surface area contributed by atoms with Crippen LogP contribution in [-0.4, -0.2) is 18.4 Å². The Kier molecular flexibility index (Phi) is 5.38. The highest BCUT2D eigenvalue weighted by Crippen LogP contribution is 2.16. The highest BCUT2D eigenvalue weighted by molar-refractivity contribution is 6.31. The van der Waals surface area contributed by atoms with Gasteiger partial charge in [0.05, 0.1) is 0 Å². The van der Waals surface area contributed by atoms with Crippen LogP contribution in [-0.2, 0) is 11.3 Å². The molecule has 5 nitrogen and oxygen atoms in total. The van der Waals surface area contributed by atoms with Crippen molar-refractivity contribution in [1.29, 1.82) is 0 Å². The molecule has 0 aliphatic carbocycles. The molecule has 0 aliphatic rings. The van der Waals surface area contributed by atoms with Crippen LogP contribution in [0.4, 0.5) is 0 Å². The zero-order chi connectivity index (χ0) is 15.9. The van der Waals surface area contributed by atoms with Crippen molar-refractivity contribution < 1.29 is 14.3 Å². The lowest BCUT2D eigenvalue weighted by molar-refractivity contribution is -0.119. The molecule has 0 saturated carbocycles. The first kappa shape index (κ1) is 15.9. The summed E-state index contributed by atoms with van der Waals surface area (Å²) in [6, 6.07) is 13.8. The minimum absolute atomic E-state index is 0.231. The Hall–Kier alpha value is -2.53. The standard InChI is InChI=1S/C16H15ClN2O3/c17-14-7-2-1-4-12(14)9-19-16(21)11-5-3-6-13(8-11)22-10-15(18)20/h1-8H,9-10H2,(H2,18,20)(H,19,21). The van der Waals surface area contributed by atoms with Crippen molar-refractivity contribution in [3.8, 4) is 5.75 Å². The second kappa shape index (κ2) is 7.47. The number of carbonyl (C=O) groups excluding carboxylic acids is 2. The molecule has 0 spiro atoms. The minimum atomic E-state index is -0.575. The van der Waals surface area contributed by atoms with Gasteiger partial charge in [-0.1, -0.05) is 35.9 Å². The van der Waals surface area contributed by atoms with Crippen LogP contribution in [0.25, 0.3) is 0 Å². The third kappa shape index (κ3) is 4.49. The number of nitrogens with one attached hydrogen (secondary N) is 1. The van der Waals surface area contributed by atoms with E-state index in [0.29, 0.717) is 22.9 Å². The monoisotopic (exact) mass is 318 g/mol. The quantitative estimate of drug-likeness (QED) is 0.856. The van der Waals surface area contributed by atoms with Crippen LogP contribution >= 0.6 is 11.6 Å². The molecule has 3 N–H and O–H groups in total. The van der Waals surface area contributed by atoms with Gasteiger partial charge in [0.15, 0.2) is 6.61 Å². The number of amides is 2. The molecule has 2 amide bonds. The van der Waals surface area contributed by atoms with Crippen LogP contribution in [0.15, 0.2) is 48.5 Å². The molecule has 0 aromatic heterocycles. The number of benzene rings is 2. The molecule has 114 valence electrons. The molecule has 2 rings (SSSR count). The molecule has 6 heteroatoms. The first-order valence-electron chi connectivity index (χ1n) is 6.59. The van der Waals surface area contributed by atoms with E-state index in [2.05, 4.69) is 5.32 Å². The van der Waals surface area contributed by atoms with Gasteiger partial charge in [-0.25, -0.2) is 0 Å². The smallest absolute Gasteiger partial charge is 0.255 e. The van der Waals surface area contributed by atoms with Gasteiger partial charge in [-0.2, -0.15) is 0 Å². The predicted molar refractivity (Wildman–Crippen MR) is 83.8 cm³/mol. The van der Waals surface area contributed by atoms with Gasteiger partial charge in [0.2, 0.25) is 0 Å². The largest absolute Gasteiger partial charge is 0.484 e. The molecule has 0 aliphatic heterocycles. The molecule has 0 radical (unpaired) electrons. The van der Waals surface area contributed by atoms with Gasteiger partial charge in [-0.3, -0.25) is 9.59 Å². The zero-order valence-electron chi connectivity index (χ0n) is 11.7. The normalized spacial score (nSPS) is 10.0. The van der Waals surface area contributed by atoms with Crippen molar-refractivity contribution in [2.45, 2.75) is 6.54 Å². The van der Waals surface area contributed by atoms with E-state index in [1.165, 1.54) is 0 Å². The fourth-order valence-corrected chi connectivity index (χ4v) is 2.00. The van der Waals surface area contributed by atoms with E-state index in [1.54, 1.807) is 30.3 Å². The van der Waals surface area contributed by atoms with Crippen molar-refractivity contribution in [2.24, 2.45) is 5.73 Å². The number of hydrogen-bond donors (Lipinski definition) is 2. The Morgan fingerprint density at radius 2 is 1.91 bits per heavy atom. The molecule has 0 heterocycles. The van der Waals surface area contributed by atoms with Crippen molar-refractivity contribution in [2.75, 3.05) is 6.61 Å². The SMILES string of the molecule is NC(=O)COc1cccc(C(=O)NCc2ccccc2Cl)c1. The first-order chi connectivity index (χ1) is 10.6. The van der Waals surface area contributed by atoms with E-state index in [0.717, 1.165) is 5.56 Å². The van der Waals surface area contributed by atoms with Gasteiger partial charge < -0.3 is 15.8 Å². The van der Waals surface area contributed by atoms with Gasteiger partial charge in [0, 0.05) is 17.1 Å². The Balaban J connectivity index is 1.99. The highest BCUT2D eigenvalue weighted by atomic mass is 35.5. The molecule has 0 atom stereocenters. The van der Waals surface area contributed by atoms with E-state index in [9.17, 15) is 9.59 Å². The van der Waals surface area contributed by atoms with E-state index in [1.807, 2.05) is 18.2 Å². The van der Waals surface area contributed by atoms with Crippen LogP contribution < -0.4 is 15.8 Å². The maximum Gasteiger partial charge on any atom is 0.255 e. The predicted octanol–water partition coefficient (Wildman–Crippen LogP) is 2.13. The van der Waals surface area contributed by atoms with E-state index in [4.69, 9.17) is 22.1 Å². The van der Waals surface area contributed by atoms with Crippen molar-refractivity contribution in [1.82, 2.24) is 5.32 Å². The fourth-order valence-electron chi connectivity index (χ4n) is 1.80. The molecule has 22 heavy (non-hydrogen) atoms. The molecule has 0 saturated heterocycles. The number of ether oxygens (including phenoxy) is 1. The van der Waals surface area contributed by atoms with Crippen LogP contribution in [0.1, 0.15) is 15.9 Å². The van der Waals surface area contributed by atoms with Gasteiger partial charge >= 0.3 is 0 Å². The van der Waals surface area contributed by atoms with E-state index < -0.39 is 5.91 Å². The summed E-state index contributed by atoms with van der Waals surface area (Å²) in [5.41, 5.74) is 6.27. The Morgan fingerprint density at radius 3 is 2.64 bits per heavy atom. The van der Waals surface area contributed by atoms with E-state index in [-0.39, 0.29) is 12.5 Å². The van der Waals surface area contributed by atoms with E-state index >= 15 is 0 Å². The molecular weight excluding hydrogens is 304 g/mol. The summed E-state index contributed by atoms with van der Waals surface area (Å²) in [5, 5.41) is 3.38. The minimum Gasteiger partial charge on any atom is -0.484 e. The Morgan fingerprint density at radius 1 is 1.14 bits per heavy atom. The third-order valence-electron chi connectivity index (χ3n) is 2.87. The van der Waals surface area contributed by atoms with Gasteiger partial charge in [0.25, 0.3) is 11.8 Å². The zero-order valence-corrected chi connectivity index (χ0v) is 12.5. The van der Waals surface area contributed by atoms with Crippen LogP contribution in [0.3, 0.4) is 0 Å². The molecule has 2 aromatic rings. The third-order valence-corrected chi connectivity index (χ3v) is 3.24. The number of primary amides is 1. The van der Waals surface area contributed by atoms with Crippen LogP contribution in [0.2, 0.25) is 5.02 Å². The van der Waals surface area contributed by atoms with Gasteiger partial charge in [-0.05, 0) is 29.8 Å². The maximum absolute atomic E-state index is 12.1. The lowest BCUT2D eigenvalue weighted by Crippen LogP contribution is -2.23. The summed E-state index contributed by atoms with van der Waals surface area (Å²) in [7, 11) is 0. The van der Waals surface area contributed by atoms with Crippen molar-refractivity contribution in [3.63, 3.8) is 0 Å². The second-order valence-electron chi connectivity index (χ2n) is 4.56. The number of nitrogens with two attached hydrogens (primary N) is 1. The summed E-state index contributed by atoms with van der Waals surface area (Å²) in [4.78, 5) is 22.8. The lowest BCUT2D eigenvalue weighted by atomic mass is 10.2. The number of halogens is 1. The Bertz CT molecular complexity index is 689. The topological polar surface area (TPSA) is 81.4 Å². The summed E-state index contributed by atoms with van der Waals surface area (Å²) in [6.45, 7) is 0.0928. The Labute approximate surface area is 133 Å². The molecule has 0 bridgehead atoms. The summed E-state index contributed by atoms with van der Waals surface area (Å²) in [5.74, 6) is -0.429. The molecule has 2 aromatic carbocycles. The van der Waals surface area contributed by atoms with Crippen LogP contribution in [0.5, 0.6) is 5.75 Å². The highest BCUT2D eigenvalue weighted by Gasteiger charge is 2.08. The number of hydrogen-bond acceptors (Lipinski definition) is 3. The first-order valence-corrected chi connectivity index (χ1v) is 6.97. The lowest BCUT2D eigenvalue weighted by Gasteiger charge is -2.08. The number of rotatable bonds is 6. The number of carbonyl (C=O) groups is 2. The molecule has 0 unspecified atom stereocenters. The van der Waals surface area contributed by atoms with Crippen LogP contribution in [0, 0.1) is 0 Å². The maximum atomic E-state index is 12.1. The average molecular weight is 319 g/mol. The van der Waals surface area contributed by atoms with Gasteiger partial charge in [-0.15, -0.1) is 0 Å². The van der Waals surface area contributed by atoms with Gasteiger partial charge in [0.1, 0.15) is 5.75 Å². The average Bonchev–Trinajstić information content (AvgIpc) is 2.52. The second-order valence-corrected chi connectivity index (χ2v) is 4.96. The fraction of sp³-hybridized carbons (Fsp3) is 0.125. The summed E-state index contributed by atoms with van der Waals surface area (Å²) in [6.07, 6.45) is 0. The summed E-state index contributed by atoms with van der Waals surface area (Å²) < 4.78 is 5.16. The molecule has 0 fully saturated rings. The van der Waals surface area contributed by atoms with Crippen molar-refractivity contribution >= 4 is 23.4 Å². The molecular formula is C16H15ClN2O3.